The van der Waals surface area contributed by atoms with Crippen LogP contribution in [-0.2, 0) is 4.74 Å². The summed E-state index contributed by atoms with van der Waals surface area (Å²) in [4.78, 5) is 4.37. The molecule has 1 fully saturated rings. The molecule has 2 aromatic rings. The van der Waals surface area contributed by atoms with Crippen LogP contribution in [0.3, 0.4) is 0 Å². The summed E-state index contributed by atoms with van der Waals surface area (Å²) in [5.74, 6) is 0. The molecule has 0 aliphatic carbocycles. The predicted molar refractivity (Wildman–Crippen MR) is 77.4 cm³/mol. The van der Waals surface area contributed by atoms with E-state index in [1.54, 1.807) is 17.5 Å². The maximum atomic E-state index is 10.2. The minimum absolute atomic E-state index is 0.402. The largest absolute Gasteiger partial charge is 0.388 e. The van der Waals surface area contributed by atoms with Gasteiger partial charge in [-0.05, 0) is 49.6 Å². The standard InChI is InChI=1S/C15H19NO2S/c17-14(5-1-3-12-4-2-7-18-12)11-9-15-13(16-10-11)6-8-19-15/h6,8-10,12,14,17H,1-5,7H2. The Kier molecular flexibility index (Phi) is 4.11. The zero-order valence-electron chi connectivity index (χ0n) is 10.9. The molecule has 2 unspecified atom stereocenters. The smallest absolute Gasteiger partial charge is 0.0809 e. The summed E-state index contributed by atoms with van der Waals surface area (Å²) in [5, 5.41) is 12.2. The number of thiophene rings is 1. The van der Waals surface area contributed by atoms with Crippen molar-refractivity contribution in [3.05, 3.63) is 29.3 Å². The maximum absolute atomic E-state index is 10.2. The number of nitrogens with zero attached hydrogens (tertiary/aromatic N) is 1. The highest BCUT2D eigenvalue weighted by molar-refractivity contribution is 7.17. The molecule has 0 bridgehead atoms. The van der Waals surface area contributed by atoms with Crippen molar-refractivity contribution in [2.75, 3.05) is 6.61 Å². The molecule has 2 aromatic heterocycles. The van der Waals surface area contributed by atoms with E-state index < -0.39 is 6.10 Å². The number of hydrogen-bond donors (Lipinski definition) is 1. The summed E-state index contributed by atoms with van der Waals surface area (Å²) < 4.78 is 6.74. The Bertz CT molecular complexity index is 534. The van der Waals surface area contributed by atoms with Crippen LogP contribution >= 0.6 is 11.3 Å². The van der Waals surface area contributed by atoms with Crippen LogP contribution < -0.4 is 0 Å². The average Bonchev–Trinajstić information content (AvgIpc) is 3.08. The zero-order chi connectivity index (χ0) is 13.1. The lowest BCUT2D eigenvalue weighted by atomic mass is 10.0. The molecule has 0 radical (unpaired) electrons. The molecule has 4 heteroatoms. The fraction of sp³-hybridized carbons (Fsp3) is 0.533. The molecule has 1 aliphatic rings. The average molecular weight is 277 g/mol. The molecule has 1 N–H and O–H groups in total. The van der Waals surface area contributed by atoms with E-state index in [4.69, 9.17) is 4.74 Å². The summed E-state index contributed by atoms with van der Waals surface area (Å²) in [6.45, 7) is 0.909. The third-order valence-electron chi connectivity index (χ3n) is 3.74. The van der Waals surface area contributed by atoms with Gasteiger partial charge in [-0.15, -0.1) is 11.3 Å². The van der Waals surface area contributed by atoms with Crippen molar-refractivity contribution in [2.45, 2.75) is 44.3 Å². The monoisotopic (exact) mass is 277 g/mol. The highest BCUT2D eigenvalue weighted by atomic mass is 32.1. The quantitative estimate of drug-likeness (QED) is 0.906. The zero-order valence-corrected chi connectivity index (χ0v) is 11.7. The van der Waals surface area contributed by atoms with E-state index in [1.807, 2.05) is 11.4 Å². The fourth-order valence-corrected chi connectivity index (χ4v) is 3.41. The van der Waals surface area contributed by atoms with E-state index >= 15 is 0 Å². The van der Waals surface area contributed by atoms with Crippen LogP contribution in [0.2, 0.25) is 0 Å². The van der Waals surface area contributed by atoms with Crippen LogP contribution in [0.1, 0.15) is 43.8 Å². The summed E-state index contributed by atoms with van der Waals surface area (Å²) in [7, 11) is 0. The van der Waals surface area contributed by atoms with Gasteiger partial charge in [-0.25, -0.2) is 0 Å². The Morgan fingerprint density at radius 2 is 2.47 bits per heavy atom. The van der Waals surface area contributed by atoms with Gasteiger partial charge in [0.1, 0.15) is 0 Å². The van der Waals surface area contributed by atoms with E-state index in [2.05, 4.69) is 11.1 Å². The second kappa shape index (κ2) is 5.99. The minimum Gasteiger partial charge on any atom is -0.388 e. The predicted octanol–water partition coefficient (Wildman–Crippen LogP) is 3.68. The Balaban J connectivity index is 1.55. The SMILES string of the molecule is OC(CCCC1CCCO1)c1cnc2ccsc2c1. The van der Waals surface area contributed by atoms with E-state index in [0.717, 1.165) is 41.6 Å². The van der Waals surface area contributed by atoms with Gasteiger partial charge in [0.25, 0.3) is 0 Å². The minimum atomic E-state index is -0.402. The van der Waals surface area contributed by atoms with Crippen molar-refractivity contribution in [1.82, 2.24) is 4.98 Å². The van der Waals surface area contributed by atoms with Crippen LogP contribution in [0, 0.1) is 0 Å². The molecular formula is C15H19NO2S. The lowest BCUT2D eigenvalue weighted by molar-refractivity contribution is 0.0944. The van der Waals surface area contributed by atoms with Gasteiger partial charge in [-0.3, -0.25) is 4.98 Å². The molecule has 3 heterocycles. The second-order valence-electron chi connectivity index (χ2n) is 5.15. The molecule has 0 saturated carbocycles. The molecule has 3 rings (SSSR count). The van der Waals surface area contributed by atoms with Crippen molar-refractivity contribution >= 4 is 21.6 Å². The van der Waals surface area contributed by atoms with Crippen molar-refractivity contribution in [3.63, 3.8) is 0 Å². The van der Waals surface area contributed by atoms with Crippen LogP contribution in [-0.4, -0.2) is 22.8 Å². The van der Waals surface area contributed by atoms with Crippen molar-refractivity contribution in [1.29, 1.82) is 0 Å². The van der Waals surface area contributed by atoms with Gasteiger partial charge in [-0.1, -0.05) is 0 Å². The normalized spacial score (nSPS) is 21.0. The summed E-state index contributed by atoms with van der Waals surface area (Å²) >= 11 is 1.67. The first-order chi connectivity index (χ1) is 9.33. The fourth-order valence-electron chi connectivity index (χ4n) is 2.62. The summed E-state index contributed by atoms with van der Waals surface area (Å²) in [5.41, 5.74) is 1.95. The number of rotatable bonds is 5. The number of aromatic nitrogens is 1. The number of aliphatic hydroxyl groups is 1. The maximum Gasteiger partial charge on any atom is 0.0809 e. The van der Waals surface area contributed by atoms with Crippen LogP contribution in [0.15, 0.2) is 23.7 Å². The molecule has 2 atom stereocenters. The van der Waals surface area contributed by atoms with Crippen molar-refractivity contribution < 1.29 is 9.84 Å². The Hall–Kier alpha value is -0.970. The molecule has 1 aliphatic heterocycles. The van der Waals surface area contributed by atoms with Crippen molar-refractivity contribution in [2.24, 2.45) is 0 Å². The molecule has 0 aromatic carbocycles. The first-order valence-electron chi connectivity index (χ1n) is 6.96. The van der Waals surface area contributed by atoms with Gasteiger partial charge in [0.15, 0.2) is 0 Å². The Labute approximate surface area is 117 Å². The second-order valence-corrected chi connectivity index (χ2v) is 6.10. The molecule has 3 nitrogen and oxygen atoms in total. The highest BCUT2D eigenvalue weighted by Gasteiger charge is 2.16. The van der Waals surface area contributed by atoms with Crippen LogP contribution in [0.5, 0.6) is 0 Å². The molecule has 19 heavy (non-hydrogen) atoms. The van der Waals surface area contributed by atoms with Crippen LogP contribution in [0.25, 0.3) is 10.2 Å². The Morgan fingerprint density at radius 3 is 3.32 bits per heavy atom. The number of pyridine rings is 1. The molecule has 0 spiro atoms. The van der Waals surface area contributed by atoms with E-state index in [1.165, 1.54) is 12.8 Å². The number of hydrogen-bond acceptors (Lipinski definition) is 4. The third-order valence-corrected chi connectivity index (χ3v) is 4.59. The van der Waals surface area contributed by atoms with Crippen molar-refractivity contribution in [3.8, 4) is 0 Å². The van der Waals surface area contributed by atoms with E-state index in [0.29, 0.717) is 6.10 Å². The topological polar surface area (TPSA) is 42.4 Å². The highest BCUT2D eigenvalue weighted by Crippen LogP contribution is 2.26. The molecular weight excluding hydrogens is 258 g/mol. The number of fused-ring (bicyclic) bond motifs is 1. The van der Waals surface area contributed by atoms with Gasteiger partial charge in [-0.2, -0.15) is 0 Å². The first-order valence-corrected chi connectivity index (χ1v) is 7.84. The Morgan fingerprint density at radius 1 is 1.53 bits per heavy atom. The lowest BCUT2D eigenvalue weighted by Gasteiger charge is -2.13. The van der Waals surface area contributed by atoms with Gasteiger partial charge in [0, 0.05) is 18.4 Å². The third kappa shape index (κ3) is 3.14. The van der Waals surface area contributed by atoms with Gasteiger partial charge < -0.3 is 9.84 Å². The van der Waals surface area contributed by atoms with Gasteiger partial charge in [0.05, 0.1) is 22.4 Å². The van der Waals surface area contributed by atoms with Gasteiger partial charge >= 0.3 is 0 Å². The van der Waals surface area contributed by atoms with E-state index in [9.17, 15) is 5.11 Å². The first kappa shape index (κ1) is 13.0. The van der Waals surface area contributed by atoms with Crippen LogP contribution in [0.4, 0.5) is 0 Å². The van der Waals surface area contributed by atoms with Gasteiger partial charge in [0.2, 0.25) is 0 Å². The lowest BCUT2D eigenvalue weighted by Crippen LogP contribution is -2.06. The molecule has 1 saturated heterocycles. The molecule has 0 amide bonds. The molecule has 102 valence electrons. The summed E-state index contributed by atoms with van der Waals surface area (Å²) in [6, 6.07) is 4.07. The summed E-state index contributed by atoms with van der Waals surface area (Å²) in [6.07, 6.45) is 7.04. The van der Waals surface area contributed by atoms with E-state index in [-0.39, 0.29) is 0 Å². The number of ether oxygens (including phenoxy) is 1. The number of aliphatic hydroxyl groups excluding tert-OH is 1.